The van der Waals surface area contributed by atoms with Gasteiger partial charge in [0.15, 0.2) is 0 Å². The molecule has 0 spiro atoms. The van der Waals surface area contributed by atoms with E-state index in [1.807, 2.05) is 0 Å². The first-order chi connectivity index (χ1) is 13.1. The van der Waals surface area contributed by atoms with Crippen LogP contribution in [0.3, 0.4) is 0 Å². The number of fused-ring (bicyclic) bond motifs is 1. The Hall–Kier alpha value is -2.09. The van der Waals surface area contributed by atoms with Gasteiger partial charge in [-0.1, -0.05) is 24.9 Å². The average Bonchev–Trinajstić information content (AvgIpc) is 2.98. The van der Waals surface area contributed by atoms with E-state index in [0.29, 0.717) is 27.8 Å². The van der Waals surface area contributed by atoms with Crippen LogP contribution < -0.4 is 16.0 Å². The highest BCUT2D eigenvalue weighted by atomic mass is 35.5. The number of nitrogens with one attached hydrogen (secondary N) is 3. The van der Waals surface area contributed by atoms with Gasteiger partial charge in [-0.25, -0.2) is 4.79 Å². The number of amides is 3. The minimum absolute atomic E-state index is 0.354. The Morgan fingerprint density at radius 2 is 2.07 bits per heavy atom. The second kappa shape index (κ2) is 9.21. The van der Waals surface area contributed by atoms with Gasteiger partial charge in [-0.15, -0.1) is 11.3 Å². The number of carbonyl (C=O) groups excluding carboxylic acids is 2. The summed E-state index contributed by atoms with van der Waals surface area (Å²) >= 11 is 7.39. The normalized spacial score (nSPS) is 13.7. The topological polar surface area (TPSA) is 73.5 Å². The zero-order chi connectivity index (χ0) is 19.2. The van der Waals surface area contributed by atoms with Gasteiger partial charge in [0.2, 0.25) is 6.41 Å². The minimum atomic E-state index is -0.354. The lowest BCUT2D eigenvalue weighted by atomic mass is 10.1. The number of nitrogens with zero attached hydrogens (tertiary/aromatic N) is 1. The van der Waals surface area contributed by atoms with Gasteiger partial charge < -0.3 is 10.6 Å². The van der Waals surface area contributed by atoms with Crippen molar-refractivity contribution in [1.82, 2.24) is 4.90 Å². The van der Waals surface area contributed by atoms with Crippen LogP contribution in [0.2, 0.25) is 5.02 Å². The van der Waals surface area contributed by atoms with Gasteiger partial charge in [0.1, 0.15) is 5.00 Å². The van der Waals surface area contributed by atoms with E-state index in [1.54, 1.807) is 24.3 Å². The van der Waals surface area contributed by atoms with Crippen molar-refractivity contribution in [3.05, 3.63) is 39.7 Å². The van der Waals surface area contributed by atoms with E-state index in [4.69, 9.17) is 11.6 Å². The summed E-state index contributed by atoms with van der Waals surface area (Å²) in [5.41, 5.74) is 2.49. The summed E-state index contributed by atoms with van der Waals surface area (Å²) in [5.74, 6) is 0. The number of carbonyl (C=O) groups is 2. The fourth-order valence-electron chi connectivity index (χ4n) is 3.13. The molecule has 3 N–H and O–H groups in total. The van der Waals surface area contributed by atoms with Crippen molar-refractivity contribution in [2.45, 2.75) is 32.7 Å². The standard InChI is InChI=1S/C19H23ClN4O2S/c1-2-3-9-24-10-8-15-16(11-24)27-18(17(15)21-12-25)23-19(26)22-14-6-4-13(20)5-7-14/h4-7,12H,2-3,8-11H2,1H3,(H,21,25)(H2,22,23,26). The molecule has 6 nitrogen and oxygen atoms in total. The van der Waals surface area contributed by atoms with E-state index in [-0.39, 0.29) is 6.03 Å². The van der Waals surface area contributed by atoms with Gasteiger partial charge in [-0.05, 0) is 49.2 Å². The first kappa shape index (κ1) is 19.7. The lowest BCUT2D eigenvalue weighted by Gasteiger charge is -2.26. The van der Waals surface area contributed by atoms with Crippen LogP contribution in [0.4, 0.5) is 21.2 Å². The number of hydrogen-bond donors (Lipinski definition) is 3. The van der Waals surface area contributed by atoms with Gasteiger partial charge in [-0.3, -0.25) is 15.0 Å². The van der Waals surface area contributed by atoms with E-state index in [1.165, 1.54) is 29.1 Å². The molecule has 0 saturated heterocycles. The number of thiophene rings is 1. The average molecular weight is 407 g/mol. The van der Waals surface area contributed by atoms with Crippen molar-refractivity contribution >= 4 is 51.8 Å². The van der Waals surface area contributed by atoms with E-state index < -0.39 is 0 Å². The second-order valence-electron chi connectivity index (χ2n) is 6.44. The lowest BCUT2D eigenvalue weighted by Crippen LogP contribution is -2.30. The minimum Gasteiger partial charge on any atom is -0.326 e. The fraction of sp³-hybridized carbons (Fsp3) is 0.368. The summed E-state index contributed by atoms with van der Waals surface area (Å²) in [6.07, 6.45) is 3.87. The third-order valence-electron chi connectivity index (χ3n) is 4.50. The van der Waals surface area contributed by atoms with Crippen molar-refractivity contribution in [3.8, 4) is 0 Å². The molecule has 1 aliphatic rings. The summed E-state index contributed by atoms with van der Waals surface area (Å²) in [6, 6.07) is 6.54. The van der Waals surface area contributed by atoms with E-state index >= 15 is 0 Å². The van der Waals surface area contributed by atoms with Crippen molar-refractivity contribution < 1.29 is 9.59 Å². The van der Waals surface area contributed by atoms with Gasteiger partial charge in [0.05, 0.1) is 5.69 Å². The molecule has 0 saturated carbocycles. The number of halogens is 1. The van der Waals surface area contributed by atoms with Crippen molar-refractivity contribution in [1.29, 1.82) is 0 Å². The highest BCUT2D eigenvalue weighted by molar-refractivity contribution is 7.17. The molecule has 0 bridgehead atoms. The van der Waals surface area contributed by atoms with Crippen molar-refractivity contribution in [2.75, 3.05) is 29.0 Å². The summed E-state index contributed by atoms with van der Waals surface area (Å²) in [4.78, 5) is 27.1. The lowest BCUT2D eigenvalue weighted by molar-refractivity contribution is -0.105. The fourth-order valence-corrected chi connectivity index (χ4v) is 4.50. The first-order valence-electron chi connectivity index (χ1n) is 9.01. The Bertz CT molecular complexity index is 807. The first-order valence-corrected chi connectivity index (χ1v) is 10.2. The molecule has 0 aliphatic carbocycles. The van der Waals surface area contributed by atoms with Gasteiger partial charge in [-0.2, -0.15) is 0 Å². The molecular weight excluding hydrogens is 384 g/mol. The Labute approximate surface area is 167 Å². The Morgan fingerprint density at radius 1 is 1.30 bits per heavy atom. The number of anilines is 3. The molecule has 0 unspecified atom stereocenters. The molecule has 2 aromatic rings. The van der Waals surface area contributed by atoms with Crippen LogP contribution in [0.15, 0.2) is 24.3 Å². The third kappa shape index (κ3) is 5.00. The Balaban J connectivity index is 1.72. The summed E-state index contributed by atoms with van der Waals surface area (Å²) in [7, 11) is 0. The zero-order valence-electron chi connectivity index (χ0n) is 15.2. The molecule has 3 rings (SSSR count). The smallest absolute Gasteiger partial charge is 0.324 e. The molecule has 3 amide bonds. The van der Waals surface area contributed by atoms with Gasteiger partial charge >= 0.3 is 6.03 Å². The van der Waals surface area contributed by atoms with Crippen LogP contribution >= 0.6 is 22.9 Å². The van der Waals surface area contributed by atoms with Gasteiger partial charge in [0, 0.05) is 28.7 Å². The zero-order valence-corrected chi connectivity index (χ0v) is 16.8. The van der Waals surface area contributed by atoms with Crippen LogP contribution in [-0.2, 0) is 17.8 Å². The molecule has 1 aliphatic heterocycles. The molecular formula is C19H23ClN4O2S. The van der Waals surface area contributed by atoms with Crippen LogP contribution in [0.25, 0.3) is 0 Å². The Morgan fingerprint density at radius 3 is 2.78 bits per heavy atom. The summed E-state index contributed by atoms with van der Waals surface area (Å²) < 4.78 is 0. The largest absolute Gasteiger partial charge is 0.326 e. The molecule has 0 fully saturated rings. The predicted molar refractivity (Wildman–Crippen MR) is 112 cm³/mol. The van der Waals surface area contributed by atoms with Crippen LogP contribution in [0.1, 0.15) is 30.2 Å². The van der Waals surface area contributed by atoms with Gasteiger partial charge in [0.25, 0.3) is 0 Å². The number of hydrogen-bond acceptors (Lipinski definition) is 4. The highest BCUT2D eigenvalue weighted by Crippen LogP contribution is 2.41. The third-order valence-corrected chi connectivity index (χ3v) is 5.88. The number of rotatable bonds is 7. The number of urea groups is 1. The molecule has 0 radical (unpaired) electrons. The van der Waals surface area contributed by atoms with Crippen LogP contribution in [0, 0.1) is 0 Å². The maximum Gasteiger partial charge on any atom is 0.324 e. The molecule has 1 aromatic carbocycles. The molecule has 2 heterocycles. The van der Waals surface area contributed by atoms with Crippen molar-refractivity contribution in [3.63, 3.8) is 0 Å². The summed E-state index contributed by atoms with van der Waals surface area (Å²) in [5, 5.41) is 9.69. The molecule has 0 atom stereocenters. The predicted octanol–water partition coefficient (Wildman–Crippen LogP) is 4.77. The maximum absolute atomic E-state index is 12.4. The maximum atomic E-state index is 12.4. The Kier molecular flexibility index (Phi) is 6.71. The second-order valence-corrected chi connectivity index (χ2v) is 7.98. The monoisotopic (exact) mass is 406 g/mol. The molecule has 1 aromatic heterocycles. The number of unbranched alkanes of at least 4 members (excludes halogenated alkanes) is 1. The highest BCUT2D eigenvalue weighted by Gasteiger charge is 2.25. The van der Waals surface area contributed by atoms with E-state index in [9.17, 15) is 9.59 Å². The van der Waals surface area contributed by atoms with E-state index in [0.717, 1.165) is 31.6 Å². The molecule has 8 heteroatoms. The van der Waals surface area contributed by atoms with Crippen LogP contribution in [-0.4, -0.2) is 30.4 Å². The number of benzene rings is 1. The molecule has 144 valence electrons. The van der Waals surface area contributed by atoms with E-state index in [2.05, 4.69) is 27.8 Å². The molecule has 27 heavy (non-hydrogen) atoms. The van der Waals surface area contributed by atoms with Crippen molar-refractivity contribution in [2.24, 2.45) is 0 Å². The van der Waals surface area contributed by atoms with Crippen LogP contribution in [0.5, 0.6) is 0 Å². The SMILES string of the molecule is CCCCN1CCc2c(sc(NC(=O)Nc3ccc(Cl)cc3)c2NC=O)C1. The quantitative estimate of drug-likeness (QED) is 0.580. The summed E-state index contributed by atoms with van der Waals surface area (Å²) in [6.45, 7) is 5.08.